The topological polar surface area (TPSA) is 89.7 Å². The number of hydrogen-bond donors (Lipinski definition) is 1. The largest absolute Gasteiger partial charge is 0.465 e. The smallest absolute Gasteiger partial charge is 0.340 e. The third-order valence-electron chi connectivity index (χ3n) is 2.96. The first-order valence-electron chi connectivity index (χ1n) is 6.27. The summed E-state index contributed by atoms with van der Waals surface area (Å²) in [6.07, 6.45) is 1.99. The summed E-state index contributed by atoms with van der Waals surface area (Å²) in [4.78, 5) is 13.6. The van der Waals surface area contributed by atoms with Crippen molar-refractivity contribution in [1.82, 2.24) is 0 Å². The Morgan fingerprint density at radius 2 is 2.05 bits per heavy atom. The van der Waals surface area contributed by atoms with Gasteiger partial charge in [0.15, 0.2) is 0 Å². The number of esters is 1. The van der Waals surface area contributed by atoms with E-state index in [0.29, 0.717) is 5.69 Å². The fourth-order valence-electron chi connectivity index (χ4n) is 1.81. The number of rotatable bonds is 6. The van der Waals surface area contributed by atoms with Crippen molar-refractivity contribution in [3.8, 4) is 0 Å². The quantitative estimate of drug-likeness (QED) is 0.801. The van der Waals surface area contributed by atoms with Crippen LogP contribution in [0.3, 0.4) is 0 Å². The Labute approximate surface area is 119 Å². The van der Waals surface area contributed by atoms with E-state index in [2.05, 4.69) is 6.92 Å². The van der Waals surface area contributed by atoms with Gasteiger partial charge in [0.25, 0.3) is 0 Å². The Balaban J connectivity index is 3.27. The van der Waals surface area contributed by atoms with E-state index in [-0.39, 0.29) is 10.5 Å². The lowest BCUT2D eigenvalue weighted by molar-refractivity contribution is 0.0601. The Bertz CT molecular complexity index is 584. The highest BCUT2D eigenvalue weighted by Crippen LogP contribution is 2.24. The van der Waals surface area contributed by atoms with Crippen LogP contribution >= 0.6 is 0 Å². The zero-order valence-corrected chi connectivity index (χ0v) is 12.7. The van der Waals surface area contributed by atoms with Crippen molar-refractivity contribution < 1.29 is 17.9 Å². The number of nitrogens with two attached hydrogens (primary N) is 1. The minimum atomic E-state index is -3.85. The minimum Gasteiger partial charge on any atom is -0.465 e. The molecule has 0 aromatic heterocycles. The van der Waals surface area contributed by atoms with Gasteiger partial charge in [-0.3, -0.25) is 0 Å². The molecule has 0 atom stereocenters. The molecule has 0 heterocycles. The van der Waals surface area contributed by atoms with Crippen molar-refractivity contribution in [2.75, 3.05) is 25.6 Å². The molecule has 20 heavy (non-hydrogen) atoms. The van der Waals surface area contributed by atoms with Crippen molar-refractivity contribution in [2.45, 2.75) is 24.7 Å². The van der Waals surface area contributed by atoms with E-state index < -0.39 is 16.0 Å². The second-order valence-corrected chi connectivity index (χ2v) is 6.05. The van der Waals surface area contributed by atoms with Gasteiger partial charge in [-0.15, -0.1) is 0 Å². The maximum Gasteiger partial charge on any atom is 0.340 e. The molecule has 0 spiro atoms. The molecular formula is C13H20N2O4S. The van der Waals surface area contributed by atoms with E-state index in [1.807, 2.05) is 11.9 Å². The maximum absolute atomic E-state index is 11.8. The van der Waals surface area contributed by atoms with Crippen molar-refractivity contribution >= 4 is 21.7 Å². The molecule has 0 fully saturated rings. The third-order valence-corrected chi connectivity index (χ3v) is 3.87. The van der Waals surface area contributed by atoms with E-state index in [1.165, 1.54) is 19.2 Å². The van der Waals surface area contributed by atoms with Gasteiger partial charge in [0.05, 0.1) is 23.3 Å². The van der Waals surface area contributed by atoms with Gasteiger partial charge < -0.3 is 9.64 Å². The lowest BCUT2D eigenvalue weighted by Crippen LogP contribution is -2.22. The van der Waals surface area contributed by atoms with E-state index in [9.17, 15) is 13.2 Å². The van der Waals surface area contributed by atoms with Gasteiger partial charge in [-0.25, -0.2) is 18.4 Å². The van der Waals surface area contributed by atoms with Crippen LogP contribution in [0.5, 0.6) is 0 Å². The Hall–Kier alpha value is -1.60. The van der Waals surface area contributed by atoms with Gasteiger partial charge in [-0.05, 0) is 24.6 Å². The van der Waals surface area contributed by atoms with Crippen molar-refractivity contribution in [2.24, 2.45) is 5.14 Å². The van der Waals surface area contributed by atoms with Crippen LogP contribution in [0.1, 0.15) is 30.1 Å². The first kappa shape index (κ1) is 16.5. The Morgan fingerprint density at radius 1 is 1.40 bits per heavy atom. The van der Waals surface area contributed by atoms with Crippen molar-refractivity contribution in [3.63, 3.8) is 0 Å². The zero-order valence-electron chi connectivity index (χ0n) is 11.9. The van der Waals surface area contributed by atoms with Crippen molar-refractivity contribution in [1.29, 1.82) is 0 Å². The summed E-state index contributed by atoms with van der Waals surface area (Å²) in [7, 11) is -0.760. The number of anilines is 1. The number of carbonyl (C=O) groups is 1. The summed E-state index contributed by atoms with van der Waals surface area (Å²) in [6.45, 7) is 2.83. The normalized spacial score (nSPS) is 11.2. The summed E-state index contributed by atoms with van der Waals surface area (Å²) in [5, 5.41) is 5.08. The van der Waals surface area contributed by atoms with Crippen LogP contribution in [0.25, 0.3) is 0 Å². The minimum absolute atomic E-state index is 0.106. The molecule has 0 unspecified atom stereocenters. The van der Waals surface area contributed by atoms with Crippen LogP contribution in [-0.4, -0.2) is 35.1 Å². The number of primary sulfonamides is 1. The highest BCUT2D eigenvalue weighted by molar-refractivity contribution is 7.89. The molecule has 6 nitrogen and oxygen atoms in total. The van der Waals surface area contributed by atoms with Gasteiger partial charge in [0, 0.05) is 13.6 Å². The number of ether oxygens (including phenoxy) is 1. The molecule has 0 aliphatic carbocycles. The van der Waals surface area contributed by atoms with Gasteiger partial charge in [0.2, 0.25) is 10.0 Å². The van der Waals surface area contributed by atoms with Gasteiger partial charge >= 0.3 is 5.97 Å². The third kappa shape index (κ3) is 3.94. The SMILES string of the molecule is CCCCN(C)c1ccc(S(N)(=O)=O)cc1C(=O)OC. The number of sulfonamides is 1. The van der Waals surface area contributed by atoms with E-state index in [4.69, 9.17) is 9.88 Å². The van der Waals surface area contributed by atoms with E-state index >= 15 is 0 Å². The van der Waals surface area contributed by atoms with Crippen LogP contribution in [0.15, 0.2) is 23.1 Å². The average Bonchev–Trinajstić information content (AvgIpc) is 2.42. The summed E-state index contributed by atoms with van der Waals surface area (Å²) in [5.41, 5.74) is 0.815. The average molecular weight is 300 g/mol. The molecular weight excluding hydrogens is 280 g/mol. The molecule has 2 N–H and O–H groups in total. The Morgan fingerprint density at radius 3 is 2.55 bits per heavy atom. The monoisotopic (exact) mass is 300 g/mol. The molecule has 1 rings (SSSR count). The number of unbranched alkanes of at least 4 members (excludes halogenated alkanes) is 1. The molecule has 7 heteroatoms. The molecule has 0 saturated carbocycles. The number of hydrogen-bond acceptors (Lipinski definition) is 5. The molecule has 1 aromatic rings. The highest BCUT2D eigenvalue weighted by atomic mass is 32.2. The first-order valence-corrected chi connectivity index (χ1v) is 7.82. The van der Waals surface area contributed by atoms with Crippen molar-refractivity contribution in [3.05, 3.63) is 23.8 Å². The van der Waals surface area contributed by atoms with Crippen LogP contribution in [0.4, 0.5) is 5.69 Å². The van der Waals surface area contributed by atoms with Crippen LogP contribution in [0, 0.1) is 0 Å². The lowest BCUT2D eigenvalue weighted by Gasteiger charge is -2.21. The van der Waals surface area contributed by atoms with Gasteiger partial charge in [-0.2, -0.15) is 0 Å². The number of methoxy groups -OCH3 is 1. The van der Waals surface area contributed by atoms with Gasteiger partial charge in [-0.1, -0.05) is 13.3 Å². The van der Waals surface area contributed by atoms with Crippen LogP contribution < -0.4 is 10.0 Å². The number of nitrogens with zero attached hydrogens (tertiary/aromatic N) is 1. The highest BCUT2D eigenvalue weighted by Gasteiger charge is 2.19. The molecule has 1 aromatic carbocycles. The molecule has 0 aliphatic heterocycles. The lowest BCUT2D eigenvalue weighted by atomic mass is 10.1. The fourth-order valence-corrected chi connectivity index (χ4v) is 2.35. The summed E-state index contributed by atoms with van der Waals surface area (Å²) < 4.78 is 27.4. The summed E-state index contributed by atoms with van der Waals surface area (Å²) in [5.74, 6) is -0.589. The molecule has 0 bridgehead atoms. The molecule has 0 radical (unpaired) electrons. The second-order valence-electron chi connectivity index (χ2n) is 4.49. The standard InChI is InChI=1S/C13H20N2O4S/c1-4-5-8-15(2)12-7-6-10(20(14,17)18)9-11(12)13(16)19-3/h6-7,9H,4-5,8H2,1-3H3,(H2,14,17,18). The first-order chi connectivity index (χ1) is 9.31. The predicted octanol–water partition coefficient (Wildman–Crippen LogP) is 1.36. The summed E-state index contributed by atoms with van der Waals surface area (Å²) in [6, 6.07) is 4.21. The second kappa shape index (κ2) is 6.71. The fraction of sp³-hybridized carbons (Fsp3) is 0.462. The zero-order chi connectivity index (χ0) is 15.3. The van der Waals surface area contributed by atoms with Gasteiger partial charge in [0.1, 0.15) is 0 Å². The summed E-state index contributed by atoms with van der Waals surface area (Å²) >= 11 is 0. The number of carbonyl (C=O) groups excluding carboxylic acids is 1. The molecule has 112 valence electrons. The maximum atomic E-state index is 11.8. The molecule has 0 saturated heterocycles. The predicted molar refractivity (Wildman–Crippen MR) is 77.3 cm³/mol. The van der Waals surface area contributed by atoms with Crippen LogP contribution in [-0.2, 0) is 14.8 Å². The number of benzene rings is 1. The van der Waals surface area contributed by atoms with Crippen LogP contribution in [0.2, 0.25) is 0 Å². The van der Waals surface area contributed by atoms with E-state index in [1.54, 1.807) is 6.07 Å². The Kier molecular flexibility index (Phi) is 5.52. The van der Waals surface area contributed by atoms with E-state index in [0.717, 1.165) is 19.4 Å². The molecule has 0 aliphatic rings. The molecule has 0 amide bonds.